The number of rotatable bonds is 3. The molecule has 1 fully saturated rings. The van der Waals surface area contributed by atoms with Gasteiger partial charge in [0.05, 0.1) is 11.0 Å². The molecule has 0 bridgehead atoms. The van der Waals surface area contributed by atoms with Gasteiger partial charge in [-0.15, -0.1) is 24.8 Å². The summed E-state index contributed by atoms with van der Waals surface area (Å²) in [5.41, 5.74) is 6.89. The fourth-order valence-corrected chi connectivity index (χ4v) is 3.76. The summed E-state index contributed by atoms with van der Waals surface area (Å²) in [5, 5.41) is 0. The maximum atomic E-state index is 13.3. The SMILES string of the molecule is CC(N)C1CCCN(C(=O)c2ccc3c(c2)nc(C(F)(F)F)n3C(C)C)C1.Cl.Cl. The summed E-state index contributed by atoms with van der Waals surface area (Å²) in [6.45, 7) is 6.49. The fourth-order valence-electron chi connectivity index (χ4n) is 3.76. The van der Waals surface area contributed by atoms with Gasteiger partial charge < -0.3 is 15.2 Å². The van der Waals surface area contributed by atoms with Gasteiger partial charge in [-0.05, 0) is 57.7 Å². The van der Waals surface area contributed by atoms with Crippen LogP contribution in [0.25, 0.3) is 11.0 Å². The number of benzene rings is 1. The predicted molar refractivity (Wildman–Crippen MR) is 112 cm³/mol. The third-order valence-corrected chi connectivity index (χ3v) is 5.20. The molecule has 164 valence electrons. The summed E-state index contributed by atoms with van der Waals surface area (Å²) in [6, 6.07) is 4.20. The van der Waals surface area contributed by atoms with E-state index >= 15 is 0 Å². The number of imidazole rings is 1. The highest BCUT2D eigenvalue weighted by Gasteiger charge is 2.38. The van der Waals surface area contributed by atoms with Crippen LogP contribution in [0.4, 0.5) is 13.2 Å². The number of nitrogens with zero attached hydrogens (tertiary/aromatic N) is 3. The molecule has 10 heteroatoms. The van der Waals surface area contributed by atoms with Crippen LogP contribution in [0, 0.1) is 5.92 Å². The van der Waals surface area contributed by atoms with Crippen molar-refractivity contribution in [1.29, 1.82) is 0 Å². The number of hydrogen-bond acceptors (Lipinski definition) is 3. The molecule has 0 saturated carbocycles. The average molecular weight is 455 g/mol. The molecule has 2 unspecified atom stereocenters. The van der Waals surface area contributed by atoms with Gasteiger partial charge in [-0.3, -0.25) is 4.79 Å². The van der Waals surface area contributed by atoms with Crippen molar-refractivity contribution in [2.75, 3.05) is 13.1 Å². The quantitative estimate of drug-likeness (QED) is 0.731. The van der Waals surface area contributed by atoms with Crippen molar-refractivity contribution in [3.8, 4) is 0 Å². The highest BCUT2D eigenvalue weighted by atomic mass is 35.5. The van der Waals surface area contributed by atoms with E-state index in [1.165, 1.54) is 6.07 Å². The van der Waals surface area contributed by atoms with Gasteiger partial charge in [0.2, 0.25) is 5.82 Å². The summed E-state index contributed by atoms with van der Waals surface area (Å²) in [5.74, 6) is -0.884. The Morgan fingerprint density at radius 1 is 1.24 bits per heavy atom. The van der Waals surface area contributed by atoms with E-state index in [2.05, 4.69) is 4.98 Å². The first-order chi connectivity index (χ1) is 12.6. The molecule has 1 aromatic carbocycles. The smallest absolute Gasteiger partial charge is 0.338 e. The highest BCUT2D eigenvalue weighted by Crippen LogP contribution is 2.34. The molecule has 2 aromatic rings. The predicted octanol–water partition coefficient (Wildman–Crippen LogP) is 4.68. The molecule has 0 radical (unpaired) electrons. The first-order valence-corrected chi connectivity index (χ1v) is 9.23. The van der Waals surface area contributed by atoms with Gasteiger partial charge in [-0.1, -0.05) is 0 Å². The summed E-state index contributed by atoms with van der Waals surface area (Å²) >= 11 is 0. The lowest BCUT2D eigenvalue weighted by Crippen LogP contribution is -2.45. The Hall–Kier alpha value is -1.51. The van der Waals surface area contributed by atoms with Crippen LogP contribution in [0.15, 0.2) is 18.2 Å². The first kappa shape index (κ1) is 25.5. The number of carbonyl (C=O) groups excluding carboxylic acids is 1. The number of likely N-dealkylation sites (tertiary alicyclic amines) is 1. The molecule has 1 saturated heterocycles. The normalized spacial score (nSPS) is 18.3. The molecule has 1 aromatic heterocycles. The molecule has 2 N–H and O–H groups in total. The van der Waals surface area contributed by atoms with Gasteiger partial charge in [-0.25, -0.2) is 4.98 Å². The largest absolute Gasteiger partial charge is 0.449 e. The van der Waals surface area contributed by atoms with Crippen LogP contribution >= 0.6 is 24.8 Å². The summed E-state index contributed by atoms with van der Waals surface area (Å²) in [7, 11) is 0. The van der Waals surface area contributed by atoms with Gasteiger partial charge in [0.1, 0.15) is 0 Å². The standard InChI is InChI=1S/C19H25F3N4O.2ClH/c1-11(2)26-16-7-6-13(9-15(16)24-18(26)19(20,21)22)17(27)25-8-4-5-14(10-25)12(3)23;;/h6-7,9,11-12,14H,4-5,8,10,23H2,1-3H3;2*1H. The number of halogens is 5. The lowest BCUT2D eigenvalue weighted by Gasteiger charge is -2.34. The average Bonchev–Trinajstić information content (AvgIpc) is 3.00. The summed E-state index contributed by atoms with van der Waals surface area (Å²) in [4.78, 5) is 18.4. The Morgan fingerprint density at radius 2 is 1.90 bits per heavy atom. The second-order valence-corrected chi connectivity index (χ2v) is 7.61. The van der Waals surface area contributed by atoms with Crippen molar-refractivity contribution in [3.05, 3.63) is 29.6 Å². The Balaban J connectivity index is 0.00000210. The zero-order valence-electron chi connectivity index (χ0n) is 16.6. The van der Waals surface area contributed by atoms with Gasteiger partial charge >= 0.3 is 6.18 Å². The van der Waals surface area contributed by atoms with E-state index in [9.17, 15) is 18.0 Å². The summed E-state index contributed by atoms with van der Waals surface area (Å²) < 4.78 is 41.2. The third kappa shape index (κ3) is 5.16. The number of alkyl halides is 3. The van der Waals surface area contributed by atoms with Crippen LogP contribution in [-0.4, -0.2) is 39.5 Å². The van der Waals surface area contributed by atoms with E-state index in [1.54, 1.807) is 30.9 Å². The van der Waals surface area contributed by atoms with E-state index in [1.807, 2.05) is 6.92 Å². The topological polar surface area (TPSA) is 64.2 Å². The Bertz CT molecular complexity index is 852. The lowest BCUT2D eigenvalue weighted by atomic mass is 9.92. The molecular weight excluding hydrogens is 428 g/mol. The van der Waals surface area contributed by atoms with Crippen molar-refractivity contribution in [2.45, 2.75) is 51.9 Å². The molecule has 0 aliphatic carbocycles. The number of carbonyl (C=O) groups is 1. The van der Waals surface area contributed by atoms with Gasteiger partial charge in [-0.2, -0.15) is 13.2 Å². The fraction of sp³-hybridized carbons (Fsp3) is 0.579. The minimum absolute atomic E-state index is 0. The van der Waals surface area contributed by atoms with Crippen LogP contribution in [0.1, 0.15) is 55.8 Å². The van der Waals surface area contributed by atoms with E-state index in [0.717, 1.165) is 17.4 Å². The Morgan fingerprint density at radius 3 is 2.45 bits per heavy atom. The van der Waals surface area contributed by atoms with Crippen molar-refractivity contribution in [1.82, 2.24) is 14.5 Å². The molecule has 29 heavy (non-hydrogen) atoms. The van der Waals surface area contributed by atoms with Crippen LogP contribution in [-0.2, 0) is 6.18 Å². The second-order valence-electron chi connectivity index (χ2n) is 7.61. The number of piperidine rings is 1. The molecule has 5 nitrogen and oxygen atoms in total. The zero-order valence-corrected chi connectivity index (χ0v) is 18.2. The minimum Gasteiger partial charge on any atom is -0.338 e. The van der Waals surface area contributed by atoms with Crippen molar-refractivity contribution < 1.29 is 18.0 Å². The summed E-state index contributed by atoms with van der Waals surface area (Å²) in [6.07, 6.45) is -2.70. The van der Waals surface area contributed by atoms with Crippen LogP contribution in [0.2, 0.25) is 0 Å². The Labute approximate surface area is 180 Å². The van der Waals surface area contributed by atoms with E-state index in [4.69, 9.17) is 5.73 Å². The minimum atomic E-state index is -4.55. The van der Waals surface area contributed by atoms with Crippen LogP contribution in [0.5, 0.6) is 0 Å². The maximum Gasteiger partial charge on any atom is 0.449 e. The van der Waals surface area contributed by atoms with Gasteiger partial charge in [0, 0.05) is 30.7 Å². The van der Waals surface area contributed by atoms with Crippen molar-refractivity contribution in [2.24, 2.45) is 11.7 Å². The molecule has 1 amide bonds. The number of nitrogens with two attached hydrogens (primary N) is 1. The van der Waals surface area contributed by atoms with Crippen LogP contribution in [0.3, 0.4) is 0 Å². The number of fused-ring (bicyclic) bond motifs is 1. The molecule has 1 aliphatic heterocycles. The Kier molecular flexibility index (Phi) is 8.39. The monoisotopic (exact) mass is 454 g/mol. The zero-order chi connectivity index (χ0) is 19.9. The highest BCUT2D eigenvalue weighted by molar-refractivity contribution is 5.97. The number of aromatic nitrogens is 2. The molecule has 0 spiro atoms. The molecule has 1 aliphatic rings. The van der Waals surface area contributed by atoms with E-state index in [0.29, 0.717) is 24.2 Å². The maximum absolute atomic E-state index is 13.3. The van der Waals surface area contributed by atoms with Crippen molar-refractivity contribution in [3.63, 3.8) is 0 Å². The lowest BCUT2D eigenvalue weighted by molar-refractivity contribution is -0.147. The second kappa shape index (κ2) is 9.53. The van der Waals surface area contributed by atoms with Crippen LogP contribution < -0.4 is 5.73 Å². The number of amides is 1. The molecule has 2 atom stereocenters. The third-order valence-electron chi connectivity index (χ3n) is 5.20. The van der Waals surface area contributed by atoms with Crippen molar-refractivity contribution >= 4 is 41.8 Å². The van der Waals surface area contributed by atoms with E-state index < -0.39 is 18.0 Å². The van der Waals surface area contributed by atoms with Gasteiger partial charge in [0.25, 0.3) is 5.91 Å². The molecule has 3 rings (SSSR count). The molecular formula is C19H27Cl2F3N4O. The van der Waals surface area contributed by atoms with Gasteiger partial charge in [0.15, 0.2) is 0 Å². The first-order valence-electron chi connectivity index (χ1n) is 9.23. The number of hydrogen-bond donors (Lipinski definition) is 1. The van der Waals surface area contributed by atoms with E-state index in [-0.39, 0.29) is 48.2 Å². The molecule has 2 heterocycles.